The second-order valence-corrected chi connectivity index (χ2v) is 4.69. The maximum Gasteiger partial charge on any atom is 0.0821 e. The topological polar surface area (TPSA) is 24.1 Å². The van der Waals surface area contributed by atoms with Crippen LogP contribution < -0.4 is 10.6 Å². The number of fused-ring (bicyclic) bond motifs is 1. The van der Waals surface area contributed by atoms with Gasteiger partial charge in [0.15, 0.2) is 0 Å². The van der Waals surface area contributed by atoms with Crippen molar-refractivity contribution in [2.75, 3.05) is 12.4 Å². The summed E-state index contributed by atoms with van der Waals surface area (Å²) in [4.78, 5) is 0. The van der Waals surface area contributed by atoms with Gasteiger partial charge >= 0.3 is 0 Å². The highest BCUT2D eigenvalue weighted by Gasteiger charge is 2.33. The van der Waals surface area contributed by atoms with Gasteiger partial charge in [-0.25, -0.2) is 0 Å². The molecule has 0 radical (unpaired) electrons. The fourth-order valence-corrected chi connectivity index (χ4v) is 2.22. The van der Waals surface area contributed by atoms with E-state index in [9.17, 15) is 0 Å². The van der Waals surface area contributed by atoms with Gasteiger partial charge < -0.3 is 10.6 Å². The lowest BCUT2D eigenvalue weighted by atomic mass is 9.79. The third-order valence-corrected chi connectivity index (χ3v) is 3.03. The zero-order valence-corrected chi connectivity index (χ0v) is 9.09. The zero-order valence-electron chi connectivity index (χ0n) is 9.09. The third kappa shape index (κ3) is 1.50. The van der Waals surface area contributed by atoms with Crippen LogP contribution in [0, 0.1) is 5.41 Å². The third-order valence-electron chi connectivity index (χ3n) is 3.03. The summed E-state index contributed by atoms with van der Waals surface area (Å²) in [7, 11) is 2.01. The summed E-state index contributed by atoms with van der Waals surface area (Å²) < 4.78 is 0. The molecule has 2 heteroatoms. The predicted octanol–water partition coefficient (Wildman–Crippen LogP) is 2.23. The van der Waals surface area contributed by atoms with Crippen molar-refractivity contribution < 1.29 is 0 Å². The lowest BCUT2D eigenvalue weighted by Gasteiger charge is -2.40. The van der Waals surface area contributed by atoms with Crippen LogP contribution in [0.2, 0.25) is 0 Å². The van der Waals surface area contributed by atoms with E-state index in [2.05, 4.69) is 48.7 Å². The summed E-state index contributed by atoms with van der Waals surface area (Å²) >= 11 is 0. The van der Waals surface area contributed by atoms with Crippen LogP contribution in [-0.4, -0.2) is 13.2 Å². The first-order chi connectivity index (χ1) is 6.63. The summed E-state index contributed by atoms with van der Waals surface area (Å²) in [5.74, 6) is 0. The van der Waals surface area contributed by atoms with Crippen molar-refractivity contribution in [3.63, 3.8) is 0 Å². The van der Waals surface area contributed by atoms with E-state index >= 15 is 0 Å². The van der Waals surface area contributed by atoms with Crippen molar-refractivity contribution in [2.24, 2.45) is 5.41 Å². The van der Waals surface area contributed by atoms with Gasteiger partial charge in [0, 0.05) is 11.1 Å². The van der Waals surface area contributed by atoms with E-state index in [4.69, 9.17) is 0 Å². The maximum atomic E-state index is 3.53. The molecule has 1 atom stereocenters. The Morgan fingerprint density at radius 1 is 1.36 bits per heavy atom. The first-order valence-electron chi connectivity index (χ1n) is 5.15. The van der Waals surface area contributed by atoms with Crippen molar-refractivity contribution in [3.8, 4) is 0 Å². The number of para-hydroxylation sites is 1. The van der Waals surface area contributed by atoms with Crippen molar-refractivity contribution in [3.05, 3.63) is 29.8 Å². The molecule has 1 aromatic carbocycles. The standard InChI is InChI=1S/C12H18N2/c1-12(2)8-9-6-4-5-7-10(9)14-11(12)13-3/h4-7,11,13-14H,8H2,1-3H3. The van der Waals surface area contributed by atoms with Gasteiger partial charge in [-0.1, -0.05) is 32.0 Å². The second-order valence-electron chi connectivity index (χ2n) is 4.69. The van der Waals surface area contributed by atoms with E-state index in [1.165, 1.54) is 11.3 Å². The molecule has 0 aliphatic carbocycles. The minimum atomic E-state index is 0.267. The summed E-state index contributed by atoms with van der Waals surface area (Å²) in [6.07, 6.45) is 1.49. The summed E-state index contributed by atoms with van der Waals surface area (Å²) in [6.45, 7) is 4.58. The Morgan fingerprint density at radius 3 is 2.79 bits per heavy atom. The van der Waals surface area contributed by atoms with Crippen LogP contribution in [0.5, 0.6) is 0 Å². The average Bonchev–Trinajstić information content (AvgIpc) is 2.15. The Balaban J connectivity index is 2.35. The van der Waals surface area contributed by atoms with E-state index in [1.54, 1.807) is 0 Å². The lowest BCUT2D eigenvalue weighted by molar-refractivity contribution is 0.264. The molecule has 1 aliphatic rings. The molecule has 2 nitrogen and oxygen atoms in total. The van der Waals surface area contributed by atoms with Gasteiger partial charge in [0.2, 0.25) is 0 Å². The summed E-state index contributed by atoms with van der Waals surface area (Å²) in [5.41, 5.74) is 2.96. The second kappa shape index (κ2) is 3.28. The molecule has 0 spiro atoms. The molecule has 2 rings (SSSR count). The highest BCUT2D eigenvalue weighted by atomic mass is 15.1. The number of benzene rings is 1. The minimum Gasteiger partial charge on any atom is -0.369 e. The molecule has 0 bridgehead atoms. The molecule has 1 aliphatic heterocycles. The van der Waals surface area contributed by atoms with E-state index in [-0.39, 0.29) is 5.41 Å². The van der Waals surface area contributed by atoms with Gasteiger partial charge in [0.05, 0.1) is 6.17 Å². The van der Waals surface area contributed by atoms with Gasteiger partial charge in [-0.15, -0.1) is 0 Å². The molecule has 76 valence electrons. The molecule has 1 aromatic rings. The number of anilines is 1. The molecule has 0 saturated carbocycles. The van der Waals surface area contributed by atoms with E-state index < -0.39 is 0 Å². The monoisotopic (exact) mass is 190 g/mol. The molecule has 1 heterocycles. The van der Waals surface area contributed by atoms with Crippen molar-refractivity contribution >= 4 is 5.69 Å². The molecular weight excluding hydrogens is 172 g/mol. The number of hydrogen-bond acceptors (Lipinski definition) is 2. The molecule has 2 N–H and O–H groups in total. The maximum absolute atomic E-state index is 3.53. The quantitative estimate of drug-likeness (QED) is 0.709. The molecule has 0 fully saturated rings. The van der Waals surface area contributed by atoms with Crippen molar-refractivity contribution in [2.45, 2.75) is 26.4 Å². The van der Waals surface area contributed by atoms with Gasteiger partial charge in [0.1, 0.15) is 0 Å². The van der Waals surface area contributed by atoms with E-state index in [0.717, 1.165) is 6.42 Å². The zero-order chi connectivity index (χ0) is 10.2. The molecular formula is C12H18N2. The van der Waals surface area contributed by atoms with Crippen LogP contribution in [0.3, 0.4) is 0 Å². The highest BCUT2D eigenvalue weighted by Crippen LogP contribution is 2.35. The fraction of sp³-hybridized carbons (Fsp3) is 0.500. The molecule has 1 unspecified atom stereocenters. The molecule has 14 heavy (non-hydrogen) atoms. The Labute approximate surface area is 85.7 Å². The van der Waals surface area contributed by atoms with Crippen LogP contribution in [-0.2, 0) is 6.42 Å². The number of hydrogen-bond donors (Lipinski definition) is 2. The van der Waals surface area contributed by atoms with Gasteiger partial charge in [0.25, 0.3) is 0 Å². The smallest absolute Gasteiger partial charge is 0.0821 e. The molecule has 0 saturated heterocycles. The first kappa shape index (κ1) is 9.53. The Hall–Kier alpha value is -1.02. The SMILES string of the molecule is CNC1Nc2ccccc2CC1(C)C. The Morgan fingerprint density at radius 2 is 2.07 bits per heavy atom. The van der Waals surface area contributed by atoms with E-state index in [0.29, 0.717) is 6.17 Å². The minimum absolute atomic E-state index is 0.267. The fourth-order valence-electron chi connectivity index (χ4n) is 2.22. The normalized spacial score (nSPS) is 23.8. The average molecular weight is 190 g/mol. The summed E-state index contributed by atoms with van der Waals surface area (Å²) in [5, 5.41) is 6.85. The van der Waals surface area contributed by atoms with E-state index in [1.807, 2.05) is 7.05 Å². The lowest BCUT2D eigenvalue weighted by Crippen LogP contribution is -2.49. The molecule has 0 amide bonds. The molecule has 0 aromatic heterocycles. The van der Waals surface area contributed by atoms with Crippen LogP contribution in [0.4, 0.5) is 5.69 Å². The van der Waals surface area contributed by atoms with Crippen LogP contribution in [0.25, 0.3) is 0 Å². The first-order valence-corrected chi connectivity index (χ1v) is 5.15. The van der Waals surface area contributed by atoms with Crippen LogP contribution >= 0.6 is 0 Å². The van der Waals surface area contributed by atoms with Crippen molar-refractivity contribution in [1.82, 2.24) is 5.32 Å². The van der Waals surface area contributed by atoms with Gasteiger partial charge in [-0.2, -0.15) is 0 Å². The largest absolute Gasteiger partial charge is 0.369 e. The van der Waals surface area contributed by atoms with Gasteiger partial charge in [-0.3, -0.25) is 0 Å². The Kier molecular flexibility index (Phi) is 2.23. The predicted molar refractivity (Wildman–Crippen MR) is 60.4 cm³/mol. The number of nitrogens with one attached hydrogen (secondary N) is 2. The highest BCUT2D eigenvalue weighted by molar-refractivity contribution is 5.54. The summed E-state index contributed by atoms with van der Waals surface area (Å²) in [6, 6.07) is 8.54. The van der Waals surface area contributed by atoms with Crippen molar-refractivity contribution in [1.29, 1.82) is 0 Å². The van der Waals surface area contributed by atoms with Gasteiger partial charge in [-0.05, 0) is 25.1 Å². The number of rotatable bonds is 1. The van der Waals surface area contributed by atoms with Crippen LogP contribution in [0.15, 0.2) is 24.3 Å². The van der Waals surface area contributed by atoms with Crippen LogP contribution in [0.1, 0.15) is 19.4 Å². The Bertz CT molecular complexity index is 331.